The molecule has 0 saturated heterocycles. The Morgan fingerprint density at radius 3 is 1.41 bits per heavy atom. The van der Waals surface area contributed by atoms with Gasteiger partial charge in [0.25, 0.3) is 0 Å². The van der Waals surface area contributed by atoms with Crippen LogP contribution in [-0.2, 0) is 42.7 Å². The highest BCUT2D eigenvalue weighted by atomic mass is 16.6. The van der Waals surface area contributed by atoms with Gasteiger partial charge < -0.3 is 37.9 Å². The summed E-state index contributed by atoms with van der Waals surface area (Å²) in [6.07, 6.45) is 0.254. The first-order chi connectivity index (χ1) is 16.7. The quantitative estimate of drug-likeness (QED) is 0.168. The van der Waals surface area contributed by atoms with Gasteiger partial charge >= 0.3 is 11.9 Å². The predicted octanol–water partition coefficient (Wildman–Crippen LogP) is 1.90. The molecule has 0 aliphatic heterocycles. The summed E-state index contributed by atoms with van der Waals surface area (Å²) in [6.45, 7) is 7.57. The molecule has 10 heteroatoms. The number of carbonyl (C=O) groups is 2. The highest BCUT2D eigenvalue weighted by Gasteiger charge is 2.05. The lowest BCUT2D eigenvalue weighted by Gasteiger charge is -2.08. The summed E-state index contributed by atoms with van der Waals surface area (Å²) in [6, 6.07) is 8.83. The van der Waals surface area contributed by atoms with Crippen molar-refractivity contribution in [3.05, 3.63) is 35.9 Å². The summed E-state index contributed by atoms with van der Waals surface area (Å²) < 4.78 is 42.1. The van der Waals surface area contributed by atoms with E-state index in [1.165, 1.54) is 0 Å². The van der Waals surface area contributed by atoms with Crippen LogP contribution in [0.1, 0.15) is 23.7 Å². The van der Waals surface area contributed by atoms with Crippen molar-refractivity contribution in [2.75, 3.05) is 92.5 Å². The maximum Gasteiger partial charge on any atom is 0.338 e. The molecule has 0 saturated carbocycles. The van der Waals surface area contributed by atoms with Crippen LogP contribution >= 0.6 is 0 Å². The minimum absolute atomic E-state index is 0.201. The Morgan fingerprint density at radius 2 is 0.971 bits per heavy atom. The fourth-order valence-corrected chi connectivity index (χ4v) is 2.44. The molecule has 0 bridgehead atoms. The van der Waals surface area contributed by atoms with E-state index >= 15 is 0 Å². The average Bonchev–Trinajstić information content (AvgIpc) is 2.85. The fourth-order valence-electron chi connectivity index (χ4n) is 2.44. The van der Waals surface area contributed by atoms with Crippen molar-refractivity contribution in [1.82, 2.24) is 0 Å². The maximum absolute atomic E-state index is 11.7. The summed E-state index contributed by atoms with van der Waals surface area (Å²) >= 11 is 0. The van der Waals surface area contributed by atoms with Gasteiger partial charge in [0.15, 0.2) is 0 Å². The minimum Gasteiger partial charge on any atom is -0.466 e. The first-order valence-electron chi connectivity index (χ1n) is 11.6. The molecule has 0 atom stereocenters. The van der Waals surface area contributed by atoms with Crippen molar-refractivity contribution in [3.63, 3.8) is 0 Å². The lowest BCUT2D eigenvalue weighted by Crippen LogP contribution is -2.15. The Bertz CT molecular complexity index is 611. The second kappa shape index (κ2) is 22.7. The zero-order valence-electron chi connectivity index (χ0n) is 20.1. The molecule has 10 nitrogen and oxygen atoms in total. The van der Waals surface area contributed by atoms with Crippen molar-refractivity contribution in [1.29, 1.82) is 0 Å². The molecule has 34 heavy (non-hydrogen) atoms. The van der Waals surface area contributed by atoms with Crippen molar-refractivity contribution >= 4 is 11.9 Å². The number of esters is 2. The molecule has 0 spiro atoms. The normalized spacial score (nSPS) is 10.9. The Morgan fingerprint density at radius 1 is 0.559 bits per heavy atom. The van der Waals surface area contributed by atoms with Crippen LogP contribution in [0.3, 0.4) is 0 Å². The molecule has 1 rings (SSSR count). The Hall–Kier alpha value is -2.08. The molecular weight excluding hydrogens is 448 g/mol. The topological polar surface area (TPSA) is 108 Å². The number of hydrogen-bond acceptors (Lipinski definition) is 10. The Balaban J connectivity index is 1.70. The molecule has 0 N–H and O–H groups in total. The standard InChI is InChI=1S/C24H38O10/c1-2-33-23(25)8-9-27-10-11-28-12-13-29-14-15-30-16-17-31-18-19-32-20-21-34-24(26)22-6-4-3-5-7-22/h3-7H,2,8-21H2,1H3. The van der Waals surface area contributed by atoms with Crippen LogP contribution in [0.15, 0.2) is 30.3 Å². The van der Waals surface area contributed by atoms with E-state index in [2.05, 4.69) is 0 Å². The van der Waals surface area contributed by atoms with E-state index in [1.54, 1.807) is 31.2 Å². The number of hydrogen-bond donors (Lipinski definition) is 0. The van der Waals surface area contributed by atoms with Gasteiger partial charge in [-0.05, 0) is 19.1 Å². The summed E-state index contributed by atoms with van der Waals surface area (Å²) in [5.74, 6) is -0.612. The number of rotatable bonds is 23. The molecule has 0 amide bonds. The van der Waals surface area contributed by atoms with Gasteiger partial charge in [0, 0.05) is 0 Å². The maximum atomic E-state index is 11.7. The Kier molecular flexibility index (Phi) is 20.0. The van der Waals surface area contributed by atoms with E-state index in [-0.39, 0.29) is 25.0 Å². The molecule has 0 heterocycles. The van der Waals surface area contributed by atoms with Crippen LogP contribution in [0, 0.1) is 0 Å². The van der Waals surface area contributed by atoms with Gasteiger partial charge in [0.2, 0.25) is 0 Å². The molecule has 194 valence electrons. The van der Waals surface area contributed by atoms with Crippen molar-refractivity contribution in [3.8, 4) is 0 Å². The van der Waals surface area contributed by atoms with E-state index in [0.717, 1.165) is 0 Å². The van der Waals surface area contributed by atoms with Gasteiger partial charge in [-0.25, -0.2) is 4.79 Å². The molecular formula is C24H38O10. The molecule has 1 aromatic carbocycles. The van der Waals surface area contributed by atoms with Gasteiger partial charge in [-0.15, -0.1) is 0 Å². The monoisotopic (exact) mass is 486 g/mol. The van der Waals surface area contributed by atoms with Gasteiger partial charge in [-0.2, -0.15) is 0 Å². The van der Waals surface area contributed by atoms with E-state index < -0.39 is 0 Å². The molecule has 0 aromatic heterocycles. The first kappa shape index (κ1) is 30.0. The zero-order valence-corrected chi connectivity index (χ0v) is 20.1. The molecule has 0 aliphatic carbocycles. The second-order valence-corrected chi connectivity index (χ2v) is 6.73. The molecule has 0 aliphatic rings. The lowest BCUT2D eigenvalue weighted by molar-refractivity contribution is -0.144. The van der Waals surface area contributed by atoms with Crippen LogP contribution in [0.2, 0.25) is 0 Å². The van der Waals surface area contributed by atoms with Crippen LogP contribution in [0.4, 0.5) is 0 Å². The third kappa shape index (κ3) is 18.4. The molecule has 0 unspecified atom stereocenters. The second-order valence-electron chi connectivity index (χ2n) is 6.73. The SMILES string of the molecule is CCOC(=O)CCOCCOCCOCCOCCOCCOCCOC(=O)c1ccccc1. The van der Waals surface area contributed by atoms with Crippen LogP contribution in [0.25, 0.3) is 0 Å². The fraction of sp³-hybridized carbons (Fsp3) is 0.667. The molecule has 0 fully saturated rings. The predicted molar refractivity (Wildman–Crippen MR) is 123 cm³/mol. The van der Waals surface area contributed by atoms with Gasteiger partial charge in [-0.3, -0.25) is 4.79 Å². The minimum atomic E-state index is -0.358. The Labute approximate surface area is 201 Å². The summed E-state index contributed by atoms with van der Waals surface area (Å²) in [5, 5.41) is 0. The van der Waals surface area contributed by atoms with E-state index in [4.69, 9.17) is 37.9 Å². The van der Waals surface area contributed by atoms with E-state index in [9.17, 15) is 9.59 Å². The summed E-state index contributed by atoms with van der Waals surface area (Å²) in [5.41, 5.74) is 0.524. The first-order valence-corrected chi connectivity index (χ1v) is 11.6. The average molecular weight is 487 g/mol. The third-order valence-electron chi connectivity index (χ3n) is 4.09. The zero-order chi connectivity index (χ0) is 24.5. The lowest BCUT2D eigenvalue weighted by atomic mass is 10.2. The largest absolute Gasteiger partial charge is 0.466 e. The molecule has 0 radical (unpaired) electrons. The smallest absolute Gasteiger partial charge is 0.338 e. The van der Waals surface area contributed by atoms with Crippen LogP contribution in [0.5, 0.6) is 0 Å². The van der Waals surface area contributed by atoms with Gasteiger partial charge in [0.05, 0.1) is 97.9 Å². The summed E-state index contributed by atoms with van der Waals surface area (Å²) in [7, 11) is 0. The van der Waals surface area contributed by atoms with E-state index in [0.29, 0.717) is 91.5 Å². The molecule has 1 aromatic rings. The number of benzene rings is 1. The number of ether oxygens (including phenoxy) is 8. The summed E-state index contributed by atoms with van der Waals surface area (Å²) in [4.78, 5) is 22.8. The third-order valence-corrected chi connectivity index (χ3v) is 4.09. The van der Waals surface area contributed by atoms with Crippen molar-refractivity contribution in [2.24, 2.45) is 0 Å². The highest BCUT2D eigenvalue weighted by Crippen LogP contribution is 2.00. The van der Waals surface area contributed by atoms with Crippen molar-refractivity contribution < 1.29 is 47.5 Å². The van der Waals surface area contributed by atoms with E-state index in [1.807, 2.05) is 6.07 Å². The van der Waals surface area contributed by atoms with Gasteiger partial charge in [-0.1, -0.05) is 18.2 Å². The van der Waals surface area contributed by atoms with Crippen molar-refractivity contribution in [2.45, 2.75) is 13.3 Å². The van der Waals surface area contributed by atoms with Gasteiger partial charge in [0.1, 0.15) is 6.61 Å². The highest BCUT2D eigenvalue weighted by molar-refractivity contribution is 5.89. The van der Waals surface area contributed by atoms with Crippen LogP contribution in [-0.4, -0.2) is 104 Å². The number of carbonyl (C=O) groups excluding carboxylic acids is 2. The van der Waals surface area contributed by atoms with Crippen LogP contribution < -0.4 is 0 Å².